The predicted molar refractivity (Wildman–Crippen MR) is 64.3 cm³/mol. The van der Waals surface area contributed by atoms with Gasteiger partial charge in [-0.05, 0) is 50.9 Å². The Morgan fingerprint density at radius 3 is 2.50 bits per heavy atom. The third-order valence-electron chi connectivity index (χ3n) is 4.29. The van der Waals surface area contributed by atoms with Crippen molar-refractivity contribution in [1.29, 1.82) is 0 Å². The van der Waals surface area contributed by atoms with E-state index in [-0.39, 0.29) is 0 Å². The first kappa shape index (κ1) is 12.1. The molecule has 0 aromatic rings. The van der Waals surface area contributed by atoms with Crippen LogP contribution in [0.2, 0.25) is 0 Å². The van der Waals surface area contributed by atoms with Gasteiger partial charge in [-0.25, -0.2) is 0 Å². The van der Waals surface area contributed by atoms with Gasteiger partial charge in [0.15, 0.2) is 0 Å². The van der Waals surface area contributed by atoms with Crippen LogP contribution in [0.1, 0.15) is 58.3 Å². The molecule has 1 saturated heterocycles. The van der Waals surface area contributed by atoms with Crippen molar-refractivity contribution in [3.63, 3.8) is 0 Å². The van der Waals surface area contributed by atoms with E-state index in [0.29, 0.717) is 18.1 Å². The largest absolute Gasteiger partial charge is 0.375 e. The maximum atomic E-state index is 10.7. The van der Waals surface area contributed by atoms with Crippen molar-refractivity contribution >= 4 is 6.29 Å². The molecule has 0 aromatic heterocycles. The quantitative estimate of drug-likeness (QED) is 0.685. The lowest BCUT2D eigenvalue weighted by Gasteiger charge is -2.29. The summed E-state index contributed by atoms with van der Waals surface area (Å²) in [6.07, 6.45) is 11.7. The van der Waals surface area contributed by atoms with E-state index < -0.39 is 0 Å². The molecule has 0 aromatic carbocycles. The average molecular weight is 224 g/mol. The molecule has 92 valence electrons. The molecular formula is C14H24O2. The molecular weight excluding hydrogens is 200 g/mol. The van der Waals surface area contributed by atoms with Gasteiger partial charge in [0, 0.05) is 5.92 Å². The number of rotatable bonds is 4. The minimum Gasteiger partial charge on any atom is -0.375 e. The van der Waals surface area contributed by atoms with Crippen molar-refractivity contribution in [3.8, 4) is 0 Å². The van der Waals surface area contributed by atoms with Crippen LogP contribution >= 0.6 is 0 Å². The summed E-state index contributed by atoms with van der Waals surface area (Å²) in [4.78, 5) is 10.7. The molecule has 0 N–H and O–H groups in total. The number of carbonyl (C=O) groups is 1. The van der Waals surface area contributed by atoms with Crippen LogP contribution in [-0.2, 0) is 9.53 Å². The molecule has 0 amide bonds. The molecule has 2 rings (SSSR count). The van der Waals surface area contributed by atoms with E-state index >= 15 is 0 Å². The van der Waals surface area contributed by atoms with Gasteiger partial charge in [0.2, 0.25) is 0 Å². The fraction of sp³-hybridized carbons (Fsp3) is 0.929. The van der Waals surface area contributed by atoms with Gasteiger partial charge in [0.05, 0.1) is 12.2 Å². The molecule has 16 heavy (non-hydrogen) atoms. The van der Waals surface area contributed by atoms with Crippen LogP contribution in [0.5, 0.6) is 0 Å². The van der Waals surface area contributed by atoms with Gasteiger partial charge in [0.25, 0.3) is 0 Å². The van der Waals surface area contributed by atoms with E-state index in [1.165, 1.54) is 38.5 Å². The molecule has 0 spiro atoms. The smallest absolute Gasteiger partial charge is 0.123 e. The first-order valence-corrected chi connectivity index (χ1v) is 6.94. The van der Waals surface area contributed by atoms with Gasteiger partial charge in [0.1, 0.15) is 6.29 Å². The first-order valence-electron chi connectivity index (χ1n) is 6.94. The molecule has 0 bridgehead atoms. The number of hydrogen-bond donors (Lipinski definition) is 0. The van der Waals surface area contributed by atoms with Crippen LogP contribution < -0.4 is 0 Å². The van der Waals surface area contributed by atoms with Gasteiger partial charge < -0.3 is 9.53 Å². The minimum atomic E-state index is 0.337. The maximum absolute atomic E-state index is 10.7. The van der Waals surface area contributed by atoms with Gasteiger partial charge in [-0.3, -0.25) is 0 Å². The van der Waals surface area contributed by atoms with Crippen LogP contribution in [0.15, 0.2) is 0 Å². The molecule has 2 unspecified atom stereocenters. The fourth-order valence-electron chi connectivity index (χ4n) is 3.27. The second-order valence-electron chi connectivity index (χ2n) is 5.47. The molecule has 1 aliphatic carbocycles. The van der Waals surface area contributed by atoms with E-state index in [1.54, 1.807) is 0 Å². The summed E-state index contributed by atoms with van der Waals surface area (Å²) in [6.45, 7) is 2.23. The summed E-state index contributed by atoms with van der Waals surface area (Å²) in [7, 11) is 0. The van der Waals surface area contributed by atoms with Crippen molar-refractivity contribution in [2.45, 2.75) is 70.5 Å². The Kier molecular flexibility index (Phi) is 4.39. The Balaban J connectivity index is 1.75. The Morgan fingerprint density at radius 1 is 1.12 bits per heavy atom. The van der Waals surface area contributed by atoms with E-state index in [2.05, 4.69) is 6.92 Å². The SMILES string of the molecule is CCCC1CCC(C2CCC(C=O)CC2)O1. The van der Waals surface area contributed by atoms with Crippen molar-refractivity contribution < 1.29 is 9.53 Å². The van der Waals surface area contributed by atoms with Crippen molar-refractivity contribution in [2.24, 2.45) is 11.8 Å². The Hall–Kier alpha value is -0.370. The maximum Gasteiger partial charge on any atom is 0.123 e. The predicted octanol–water partition coefficient (Wildman–Crippen LogP) is 3.34. The van der Waals surface area contributed by atoms with Gasteiger partial charge in [-0.1, -0.05) is 13.3 Å². The monoisotopic (exact) mass is 224 g/mol. The highest BCUT2D eigenvalue weighted by atomic mass is 16.5. The topological polar surface area (TPSA) is 26.3 Å². The molecule has 2 atom stereocenters. The molecule has 2 fully saturated rings. The summed E-state index contributed by atoms with van der Waals surface area (Å²) in [6, 6.07) is 0. The third kappa shape index (κ3) is 2.85. The molecule has 1 heterocycles. The van der Waals surface area contributed by atoms with Gasteiger partial charge >= 0.3 is 0 Å². The van der Waals surface area contributed by atoms with Crippen LogP contribution in [-0.4, -0.2) is 18.5 Å². The Morgan fingerprint density at radius 2 is 1.88 bits per heavy atom. The lowest BCUT2D eigenvalue weighted by molar-refractivity contribution is -0.112. The number of ether oxygens (including phenoxy) is 1. The summed E-state index contributed by atoms with van der Waals surface area (Å²) in [5, 5.41) is 0. The molecule has 2 heteroatoms. The van der Waals surface area contributed by atoms with Crippen LogP contribution in [0.25, 0.3) is 0 Å². The Bertz CT molecular complexity index is 219. The normalized spacial score (nSPS) is 39.8. The van der Waals surface area contributed by atoms with Gasteiger partial charge in [-0.2, -0.15) is 0 Å². The lowest BCUT2D eigenvalue weighted by atomic mass is 9.79. The number of aldehydes is 1. The van der Waals surface area contributed by atoms with Crippen LogP contribution in [0, 0.1) is 11.8 Å². The zero-order valence-corrected chi connectivity index (χ0v) is 10.4. The van der Waals surface area contributed by atoms with Crippen molar-refractivity contribution in [2.75, 3.05) is 0 Å². The van der Waals surface area contributed by atoms with Crippen molar-refractivity contribution in [1.82, 2.24) is 0 Å². The minimum absolute atomic E-state index is 0.337. The molecule has 1 saturated carbocycles. The van der Waals surface area contributed by atoms with E-state index in [1.807, 2.05) is 0 Å². The highest BCUT2D eigenvalue weighted by molar-refractivity contribution is 5.53. The standard InChI is InChI=1S/C14H24O2/c1-2-3-13-8-9-14(16-13)12-6-4-11(10-15)5-7-12/h10-14H,2-9H2,1H3. The highest BCUT2D eigenvalue weighted by Crippen LogP contribution is 2.37. The molecule has 1 aliphatic heterocycles. The fourth-order valence-corrected chi connectivity index (χ4v) is 3.27. The Labute approximate surface area is 98.7 Å². The molecule has 2 aliphatic rings. The second kappa shape index (κ2) is 5.81. The summed E-state index contributed by atoms with van der Waals surface area (Å²) in [5.41, 5.74) is 0. The van der Waals surface area contributed by atoms with E-state index in [0.717, 1.165) is 25.0 Å². The summed E-state index contributed by atoms with van der Waals surface area (Å²) >= 11 is 0. The van der Waals surface area contributed by atoms with Gasteiger partial charge in [-0.15, -0.1) is 0 Å². The van der Waals surface area contributed by atoms with E-state index in [4.69, 9.17) is 4.74 Å². The van der Waals surface area contributed by atoms with Crippen LogP contribution in [0.3, 0.4) is 0 Å². The molecule has 2 nitrogen and oxygen atoms in total. The number of hydrogen-bond acceptors (Lipinski definition) is 2. The average Bonchev–Trinajstić information content (AvgIpc) is 2.78. The second-order valence-corrected chi connectivity index (χ2v) is 5.47. The molecule has 0 radical (unpaired) electrons. The number of carbonyl (C=O) groups excluding carboxylic acids is 1. The third-order valence-corrected chi connectivity index (χ3v) is 4.29. The summed E-state index contributed by atoms with van der Waals surface area (Å²) in [5.74, 6) is 1.07. The van der Waals surface area contributed by atoms with Crippen LogP contribution in [0.4, 0.5) is 0 Å². The zero-order valence-electron chi connectivity index (χ0n) is 10.4. The first-order chi connectivity index (χ1) is 7.83. The van der Waals surface area contributed by atoms with E-state index in [9.17, 15) is 4.79 Å². The van der Waals surface area contributed by atoms with Crippen molar-refractivity contribution in [3.05, 3.63) is 0 Å². The zero-order chi connectivity index (χ0) is 11.4. The lowest BCUT2D eigenvalue weighted by Crippen LogP contribution is -2.26. The highest BCUT2D eigenvalue weighted by Gasteiger charge is 2.33. The summed E-state index contributed by atoms with van der Waals surface area (Å²) < 4.78 is 6.12.